The first-order valence-electron chi connectivity index (χ1n) is 10.2. The van der Waals surface area contributed by atoms with Gasteiger partial charge in [0.25, 0.3) is 5.91 Å². The number of para-hydroxylation sites is 1. The molecular weight excluding hydrogens is 408 g/mol. The van der Waals surface area contributed by atoms with Gasteiger partial charge in [-0.05, 0) is 53.8 Å². The van der Waals surface area contributed by atoms with E-state index < -0.39 is 10.0 Å². The van der Waals surface area contributed by atoms with Crippen LogP contribution in [0.3, 0.4) is 0 Å². The van der Waals surface area contributed by atoms with Crippen LogP contribution < -0.4 is 5.32 Å². The summed E-state index contributed by atoms with van der Waals surface area (Å²) in [6, 6.07) is 21.4. The zero-order valence-electron chi connectivity index (χ0n) is 18.3. The minimum absolute atomic E-state index is 0.187. The molecule has 31 heavy (non-hydrogen) atoms. The number of anilines is 1. The zero-order chi connectivity index (χ0) is 22.6. The summed E-state index contributed by atoms with van der Waals surface area (Å²) in [4.78, 5) is 13.1. The van der Waals surface area contributed by atoms with Crippen LogP contribution in [0.2, 0.25) is 0 Å². The van der Waals surface area contributed by atoms with Gasteiger partial charge in [-0.3, -0.25) is 4.79 Å². The van der Waals surface area contributed by atoms with Crippen LogP contribution in [0, 0.1) is 6.92 Å². The molecule has 1 N–H and O–H groups in total. The summed E-state index contributed by atoms with van der Waals surface area (Å²) in [6.45, 7) is 6.39. The van der Waals surface area contributed by atoms with Gasteiger partial charge in [-0.15, -0.1) is 0 Å². The van der Waals surface area contributed by atoms with Crippen molar-refractivity contribution in [2.75, 3.05) is 12.4 Å². The number of sulfonamides is 1. The quantitative estimate of drug-likeness (QED) is 0.554. The van der Waals surface area contributed by atoms with Gasteiger partial charge < -0.3 is 5.32 Å². The summed E-state index contributed by atoms with van der Waals surface area (Å²) in [6.07, 6.45) is 0. The number of nitrogens with zero attached hydrogens (tertiary/aromatic N) is 1. The second-order valence-electron chi connectivity index (χ2n) is 7.92. The largest absolute Gasteiger partial charge is 0.321 e. The first kappa shape index (κ1) is 22.7. The van der Waals surface area contributed by atoms with E-state index in [2.05, 4.69) is 19.2 Å². The zero-order valence-corrected chi connectivity index (χ0v) is 19.1. The molecule has 0 aliphatic heterocycles. The van der Waals surface area contributed by atoms with Crippen LogP contribution in [-0.4, -0.2) is 25.7 Å². The minimum atomic E-state index is -3.57. The van der Waals surface area contributed by atoms with Crippen molar-refractivity contribution >= 4 is 21.6 Å². The maximum atomic E-state index is 12.8. The lowest BCUT2D eigenvalue weighted by molar-refractivity contribution is 0.102. The van der Waals surface area contributed by atoms with Crippen LogP contribution in [0.5, 0.6) is 0 Å². The SMILES string of the molecule is Cc1cccc(C(C)C)c1NC(=O)c1ccc(CN(C)S(=O)(=O)c2ccccc2)cc1. The van der Waals surface area contributed by atoms with E-state index in [0.717, 1.165) is 22.4 Å². The summed E-state index contributed by atoms with van der Waals surface area (Å²) in [5.74, 6) is 0.104. The molecule has 3 rings (SSSR count). The van der Waals surface area contributed by atoms with E-state index in [9.17, 15) is 13.2 Å². The highest BCUT2D eigenvalue weighted by atomic mass is 32.2. The molecule has 3 aromatic carbocycles. The smallest absolute Gasteiger partial charge is 0.255 e. The minimum Gasteiger partial charge on any atom is -0.321 e. The van der Waals surface area contributed by atoms with E-state index in [1.165, 1.54) is 4.31 Å². The van der Waals surface area contributed by atoms with Crippen LogP contribution in [0.4, 0.5) is 5.69 Å². The van der Waals surface area contributed by atoms with Crippen molar-refractivity contribution in [2.24, 2.45) is 0 Å². The fraction of sp³-hybridized carbons (Fsp3) is 0.240. The third kappa shape index (κ3) is 5.21. The molecule has 0 bridgehead atoms. The average molecular weight is 437 g/mol. The number of rotatable bonds is 7. The van der Waals surface area contributed by atoms with Gasteiger partial charge in [0.2, 0.25) is 10.0 Å². The van der Waals surface area contributed by atoms with Crippen molar-refractivity contribution in [3.05, 3.63) is 95.1 Å². The number of aryl methyl sites for hydroxylation is 1. The molecule has 0 unspecified atom stereocenters. The Bertz CT molecular complexity index is 1160. The predicted molar refractivity (Wildman–Crippen MR) is 125 cm³/mol. The molecule has 0 fully saturated rings. The lowest BCUT2D eigenvalue weighted by atomic mass is 9.98. The Hall–Kier alpha value is -2.96. The average Bonchev–Trinajstić information content (AvgIpc) is 2.76. The molecular formula is C25H28N2O3S. The molecule has 0 aliphatic rings. The molecule has 162 valence electrons. The summed E-state index contributed by atoms with van der Waals surface area (Å²) >= 11 is 0. The summed E-state index contributed by atoms with van der Waals surface area (Å²) in [7, 11) is -2.02. The monoisotopic (exact) mass is 436 g/mol. The van der Waals surface area contributed by atoms with Gasteiger partial charge in [0.1, 0.15) is 0 Å². The Morgan fingerprint density at radius 2 is 1.58 bits per heavy atom. The molecule has 0 spiro atoms. The second kappa shape index (κ2) is 9.45. The van der Waals surface area contributed by atoms with Gasteiger partial charge in [0.15, 0.2) is 0 Å². The third-order valence-electron chi connectivity index (χ3n) is 5.24. The summed E-state index contributed by atoms with van der Waals surface area (Å²) in [5, 5.41) is 3.04. The van der Waals surface area contributed by atoms with Gasteiger partial charge in [0, 0.05) is 24.8 Å². The van der Waals surface area contributed by atoms with Crippen LogP contribution >= 0.6 is 0 Å². The van der Waals surface area contributed by atoms with Crippen molar-refractivity contribution in [3.63, 3.8) is 0 Å². The Morgan fingerprint density at radius 3 is 2.19 bits per heavy atom. The van der Waals surface area contributed by atoms with E-state index in [4.69, 9.17) is 0 Å². The van der Waals surface area contributed by atoms with E-state index in [1.807, 2.05) is 25.1 Å². The van der Waals surface area contributed by atoms with E-state index in [-0.39, 0.29) is 17.3 Å². The highest BCUT2D eigenvalue weighted by Crippen LogP contribution is 2.28. The van der Waals surface area contributed by atoms with Crippen molar-refractivity contribution in [1.29, 1.82) is 0 Å². The Balaban J connectivity index is 1.73. The molecule has 0 saturated carbocycles. The fourth-order valence-electron chi connectivity index (χ4n) is 3.40. The Morgan fingerprint density at radius 1 is 0.935 bits per heavy atom. The van der Waals surface area contributed by atoms with Gasteiger partial charge in [-0.25, -0.2) is 8.42 Å². The molecule has 0 radical (unpaired) electrons. The number of carbonyl (C=O) groups excluding carboxylic acids is 1. The highest BCUT2D eigenvalue weighted by molar-refractivity contribution is 7.89. The van der Waals surface area contributed by atoms with Crippen molar-refractivity contribution in [1.82, 2.24) is 4.31 Å². The van der Waals surface area contributed by atoms with Gasteiger partial charge >= 0.3 is 0 Å². The predicted octanol–water partition coefficient (Wildman–Crippen LogP) is 5.19. The number of amides is 1. The topological polar surface area (TPSA) is 66.5 Å². The Labute approximate surface area is 184 Å². The standard InChI is InChI=1S/C25H28N2O3S/c1-18(2)23-12-8-9-19(3)24(23)26-25(28)21-15-13-20(14-16-21)17-27(4)31(29,30)22-10-6-5-7-11-22/h5-16,18H,17H2,1-4H3,(H,26,28). The number of benzene rings is 3. The molecule has 6 heteroatoms. The normalized spacial score (nSPS) is 11.7. The summed E-state index contributed by atoms with van der Waals surface area (Å²) in [5.41, 5.74) is 4.29. The van der Waals surface area contributed by atoms with Gasteiger partial charge in [-0.1, -0.05) is 62.4 Å². The van der Waals surface area contributed by atoms with Crippen LogP contribution in [0.15, 0.2) is 77.7 Å². The fourth-order valence-corrected chi connectivity index (χ4v) is 4.58. The first-order valence-corrected chi connectivity index (χ1v) is 11.7. The first-order chi connectivity index (χ1) is 14.7. The molecule has 3 aromatic rings. The number of hydrogen-bond donors (Lipinski definition) is 1. The molecule has 1 amide bonds. The third-order valence-corrected chi connectivity index (χ3v) is 7.06. The van der Waals surface area contributed by atoms with E-state index in [1.54, 1.807) is 61.6 Å². The van der Waals surface area contributed by atoms with Crippen molar-refractivity contribution < 1.29 is 13.2 Å². The van der Waals surface area contributed by atoms with E-state index in [0.29, 0.717) is 11.5 Å². The van der Waals surface area contributed by atoms with Gasteiger partial charge in [-0.2, -0.15) is 4.31 Å². The molecule has 5 nitrogen and oxygen atoms in total. The number of nitrogens with one attached hydrogen (secondary N) is 1. The molecule has 0 aromatic heterocycles. The van der Waals surface area contributed by atoms with E-state index >= 15 is 0 Å². The molecule has 0 aliphatic carbocycles. The maximum Gasteiger partial charge on any atom is 0.255 e. The van der Waals surface area contributed by atoms with Crippen LogP contribution in [0.25, 0.3) is 0 Å². The van der Waals surface area contributed by atoms with Gasteiger partial charge in [0.05, 0.1) is 4.90 Å². The van der Waals surface area contributed by atoms with Crippen LogP contribution in [0.1, 0.15) is 46.8 Å². The number of hydrogen-bond acceptors (Lipinski definition) is 3. The van der Waals surface area contributed by atoms with Crippen molar-refractivity contribution in [3.8, 4) is 0 Å². The molecule has 0 atom stereocenters. The lowest BCUT2D eigenvalue weighted by Gasteiger charge is -2.18. The molecule has 0 heterocycles. The lowest BCUT2D eigenvalue weighted by Crippen LogP contribution is -2.26. The molecule has 0 saturated heterocycles. The van der Waals surface area contributed by atoms with Crippen molar-refractivity contribution in [2.45, 2.75) is 38.1 Å². The Kier molecular flexibility index (Phi) is 6.93. The van der Waals surface area contributed by atoms with Crippen LogP contribution in [-0.2, 0) is 16.6 Å². The summed E-state index contributed by atoms with van der Waals surface area (Å²) < 4.78 is 26.7. The number of carbonyl (C=O) groups is 1. The maximum absolute atomic E-state index is 12.8. The highest BCUT2D eigenvalue weighted by Gasteiger charge is 2.20. The second-order valence-corrected chi connectivity index (χ2v) is 9.96.